The number of imide groups is 1. The number of fused-ring (bicyclic) bond motifs is 1. The Kier molecular flexibility index (Phi) is 4.84. The summed E-state index contributed by atoms with van der Waals surface area (Å²) in [4.78, 5) is 30.5. The van der Waals surface area contributed by atoms with Gasteiger partial charge in [-0.05, 0) is 49.2 Å². The molecule has 2 amide bonds. The highest BCUT2D eigenvalue weighted by Crippen LogP contribution is 2.41. The van der Waals surface area contributed by atoms with Crippen molar-refractivity contribution in [2.75, 3.05) is 16.3 Å². The van der Waals surface area contributed by atoms with Crippen molar-refractivity contribution < 1.29 is 9.59 Å². The molecule has 0 saturated heterocycles. The molecule has 4 nitrogen and oxygen atoms in total. The van der Waals surface area contributed by atoms with Gasteiger partial charge in [-0.2, -0.15) is 0 Å². The first-order valence-corrected chi connectivity index (χ1v) is 10.7. The molecule has 3 aromatic carbocycles. The first kappa shape index (κ1) is 19.9. The number of carbonyl (C=O) groups excluding carboxylic acids is 2. The number of hydrogen-bond acceptors (Lipinski definition) is 3. The topological polar surface area (TPSA) is 40.6 Å². The number of carbonyl (C=O) groups is 2. The molecule has 0 radical (unpaired) electrons. The molecule has 0 fully saturated rings. The summed E-state index contributed by atoms with van der Waals surface area (Å²) in [6.45, 7) is 2.57. The molecule has 0 aromatic heterocycles. The SMILES string of the molecule is Cc1ccc(N2C(=O)C(c3ccc(Cl)cc3Cl)=C(N3CCc4ccccc43)C2=O)cc1. The molecule has 6 heteroatoms. The average Bonchev–Trinajstić information content (AvgIpc) is 3.27. The number of amides is 2. The predicted molar refractivity (Wildman–Crippen MR) is 125 cm³/mol. The third-order valence-corrected chi connectivity index (χ3v) is 6.26. The third-order valence-electron chi connectivity index (χ3n) is 5.71. The van der Waals surface area contributed by atoms with E-state index in [0.717, 1.165) is 23.2 Å². The van der Waals surface area contributed by atoms with Crippen LogP contribution in [0.1, 0.15) is 16.7 Å². The maximum Gasteiger partial charge on any atom is 0.282 e. The largest absolute Gasteiger partial charge is 0.336 e. The smallest absolute Gasteiger partial charge is 0.282 e. The van der Waals surface area contributed by atoms with Gasteiger partial charge in [0.05, 0.1) is 16.3 Å². The Hall–Kier alpha value is -3.08. The summed E-state index contributed by atoms with van der Waals surface area (Å²) < 4.78 is 0. The zero-order valence-corrected chi connectivity index (χ0v) is 18.2. The van der Waals surface area contributed by atoms with E-state index < -0.39 is 5.91 Å². The van der Waals surface area contributed by atoms with Crippen molar-refractivity contribution in [3.05, 3.63) is 99.2 Å². The van der Waals surface area contributed by atoms with Gasteiger partial charge in [0, 0.05) is 22.8 Å². The summed E-state index contributed by atoms with van der Waals surface area (Å²) in [6, 6.07) is 20.2. The van der Waals surface area contributed by atoms with Crippen molar-refractivity contribution >= 4 is 52.0 Å². The molecule has 2 heterocycles. The van der Waals surface area contributed by atoms with E-state index in [1.165, 1.54) is 4.90 Å². The highest BCUT2D eigenvalue weighted by molar-refractivity contribution is 6.48. The minimum atomic E-state index is -0.391. The van der Waals surface area contributed by atoms with Gasteiger partial charge in [-0.3, -0.25) is 9.59 Å². The predicted octanol–water partition coefficient (Wildman–Crippen LogP) is 5.65. The van der Waals surface area contributed by atoms with Crippen molar-refractivity contribution in [3.63, 3.8) is 0 Å². The lowest BCUT2D eigenvalue weighted by atomic mass is 10.0. The molecule has 0 atom stereocenters. The first-order chi connectivity index (χ1) is 15.0. The molecular formula is C25H18Cl2N2O2. The number of aryl methyl sites for hydroxylation is 1. The Bertz CT molecular complexity index is 1260. The minimum absolute atomic E-state index is 0.295. The van der Waals surface area contributed by atoms with Crippen LogP contribution in [0.2, 0.25) is 10.0 Å². The van der Waals surface area contributed by atoms with E-state index in [1.54, 1.807) is 30.3 Å². The van der Waals surface area contributed by atoms with Crippen LogP contribution in [0.3, 0.4) is 0 Å². The van der Waals surface area contributed by atoms with Gasteiger partial charge in [0.2, 0.25) is 0 Å². The van der Waals surface area contributed by atoms with Crippen LogP contribution < -0.4 is 9.80 Å². The van der Waals surface area contributed by atoms with Crippen LogP contribution in [-0.2, 0) is 16.0 Å². The van der Waals surface area contributed by atoms with E-state index in [1.807, 2.05) is 48.2 Å². The average molecular weight is 449 g/mol. The Balaban J connectivity index is 1.71. The second-order valence-electron chi connectivity index (χ2n) is 7.66. The number of hydrogen-bond donors (Lipinski definition) is 0. The van der Waals surface area contributed by atoms with E-state index in [-0.39, 0.29) is 5.91 Å². The first-order valence-electron chi connectivity index (χ1n) is 9.96. The molecule has 0 N–H and O–H groups in total. The standard InChI is InChI=1S/C25H18Cl2N2O2/c1-15-6-9-18(10-7-15)29-24(30)22(19-11-8-17(26)14-20(19)27)23(25(29)31)28-13-12-16-4-2-3-5-21(16)28/h2-11,14H,12-13H2,1H3. The van der Waals surface area contributed by atoms with Gasteiger partial charge in [0.1, 0.15) is 5.70 Å². The normalized spacial score (nSPS) is 15.8. The van der Waals surface area contributed by atoms with Gasteiger partial charge in [-0.15, -0.1) is 0 Å². The van der Waals surface area contributed by atoms with Gasteiger partial charge in [-0.25, -0.2) is 4.90 Å². The molecule has 2 aliphatic rings. The highest BCUT2D eigenvalue weighted by Gasteiger charge is 2.44. The van der Waals surface area contributed by atoms with E-state index in [9.17, 15) is 9.59 Å². The third kappa shape index (κ3) is 3.23. The summed E-state index contributed by atoms with van der Waals surface area (Å²) in [6.07, 6.45) is 0.799. The van der Waals surface area contributed by atoms with Gasteiger partial charge < -0.3 is 4.90 Å². The fourth-order valence-electron chi connectivity index (χ4n) is 4.20. The van der Waals surface area contributed by atoms with Crippen molar-refractivity contribution in [1.29, 1.82) is 0 Å². The molecule has 0 bridgehead atoms. The van der Waals surface area contributed by atoms with Crippen LogP contribution in [0, 0.1) is 6.92 Å². The maximum absolute atomic E-state index is 13.7. The van der Waals surface area contributed by atoms with E-state index in [0.29, 0.717) is 39.1 Å². The number of rotatable bonds is 3. The molecule has 154 valence electrons. The number of halogens is 2. The van der Waals surface area contributed by atoms with Crippen LogP contribution in [0.25, 0.3) is 5.57 Å². The Morgan fingerprint density at radius 2 is 1.61 bits per heavy atom. The van der Waals surface area contributed by atoms with Crippen LogP contribution >= 0.6 is 23.2 Å². The summed E-state index contributed by atoms with van der Waals surface area (Å²) >= 11 is 12.6. The highest BCUT2D eigenvalue weighted by atomic mass is 35.5. The fourth-order valence-corrected chi connectivity index (χ4v) is 4.71. The van der Waals surface area contributed by atoms with E-state index in [2.05, 4.69) is 0 Å². The zero-order valence-electron chi connectivity index (χ0n) is 16.7. The quantitative estimate of drug-likeness (QED) is 0.486. The molecule has 3 aromatic rings. The molecular weight excluding hydrogens is 431 g/mol. The molecule has 0 saturated carbocycles. The second kappa shape index (κ2) is 7.56. The minimum Gasteiger partial charge on any atom is -0.336 e. The second-order valence-corrected chi connectivity index (χ2v) is 8.50. The Morgan fingerprint density at radius 3 is 2.35 bits per heavy atom. The maximum atomic E-state index is 13.7. The number of anilines is 2. The zero-order chi connectivity index (χ0) is 21.7. The van der Waals surface area contributed by atoms with Crippen molar-refractivity contribution in [2.45, 2.75) is 13.3 Å². The lowest BCUT2D eigenvalue weighted by Gasteiger charge is -2.22. The molecule has 2 aliphatic heterocycles. The summed E-state index contributed by atoms with van der Waals surface area (Å²) in [7, 11) is 0. The van der Waals surface area contributed by atoms with Gasteiger partial charge in [-0.1, -0.05) is 65.2 Å². The Morgan fingerprint density at radius 1 is 0.871 bits per heavy atom. The molecule has 0 spiro atoms. The van der Waals surface area contributed by atoms with Gasteiger partial charge in [0.25, 0.3) is 11.8 Å². The molecule has 31 heavy (non-hydrogen) atoms. The van der Waals surface area contributed by atoms with Crippen LogP contribution in [0.5, 0.6) is 0 Å². The van der Waals surface area contributed by atoms with E-state index in [4.69, 9.17) is 23.2 Å². The number of para-hydroxylation sites is 1. The van der Waals surface area contributed by atoms with E-state index >= 15 is 0 Å². The van der Waals surface area contributed by atoms with Crippen LogP contribution in [-0.4, -0.2) is 18.4 Å². The molecule has 0 aliphatic carbocycles. The number of benzene rings is 3. The monoisotopic (exact) mass is 448 g/mol. The summed E-state index contributed by atoms with van der Waals surface area (Å²) in [5, 5.41) is 0.800. The van der Waals surface area contributed by atoms with Crippen molar-refractivity contribution in [3.8, 4) is 0 Å². The lowest BCUT2D eigenvalue weighted by Crippen LogP contribution is -2.34. The van der Waals surface area contributed by atoms with Gasteiger partial charge in [0.15, 0.2) is 0 Å². The molecule has 5 rings (SSSR count). The van der Waals surface area contributed by atoms with Crippen molar-refractivity contribution in [2.24, 2.45) is 0 Å². The van der Waals surface area contributed by atoms with Crippen molar-refractivity contribution in [1.82, 2.24) is 0 Å². The van der Waals surface area contributed by atoms with Crippen LogP contribution in [0.4, 0.5) is 11.4 Å². The summed E-state index contributed by atoms with van der Waals surface area (Å²) in [5.74, 6) is -0.746. The fraction of sp³-hybridized carbons (Fsp3) is 0.120. The Labute approximate surface area is 190 Å². The lowest BCUT2D eigenvalue weighted by molar-refractivity contribution is -0.120. The summed E-state index contributed by atoms with van der Waals surface area (Å²) in [5.41, 5.74) is 4.80. The number of nitrogens with zero attached hydrogens (tertiary/aromatic N) is 2. The van der Waals surface area contributed by atoms with Crippen LogP contribution in [0.15, 0.2) is 72.4 Å². The molecule has 0 unspecified atom stereocenters. The van der Waals surface area contributed by atoms with Gasteiger partial charge >= 0.3 is 0 Å².